The highest BCUT2D eigenvalue weighted by atomic mass is 79.9. The third-order valence-corrected chi connectivity index (χ3v) is 11.1. The molecule has 32 heavy (non-hydrogen) atoms. The van der Waals surface area contributed by atoms with Gasteiger partial charge in [-0.2, -0.15) is 0 Å². The van der Waals surface area contributed by atoms with Crippen LogP contribution in [-0.2, 0) is 0 Å². The van der Waals surface area contributed by atoms with Crippen LogP contribution in [0.2, 0.25) is 0 Å². The molecule has 0 aliphatic carbocycles. The zero-order chi connectivity index (χ0) is 21.1. The van der Waals surface area contributed by atoms with Crippen LogP contribution in [0.5, 0.6) is 5.75 Å². The second-order valence-electron chi connectivity index (χ2n) is 7.95. The number of rotatable bonds is 5. The topological polar surface area (TPSA) is 9.23 Å². The first kappa shape index (κ1) is 22.5. The first-order chi connectivity index (χ1) is 15.3. The molecule has 1 heterocycles. The Kier molecular flexibility index (Phi) is 6.94. The zero-order valence-electron chi connectivity index (χ0n) is 18.1. The summed E-state index contributed by atoms with van der Waals surface area (Å²) in [6, 6.07) is 41.5. The molecule has 0 saturated carbocycles. The van der Waals surface area contributed by atoms with Crippen LogP contribution >= 0.6 is 7.26 Å². The summed E-state index contributed by atoms with van der Waals surface area (Å²) in [5, 5.41) is 4.21. The van der Waals surface area contributed by atoms with Crippen LogP contribution in [0.25, 0.3) is 6.08 Å². The number of halogens is 1. The van der Waals surface area contributed by atoms with Crippen molar-refractivity contribution in [2.24, 2.45) is 0 Å². The van der Waals surface area contributed by atoms with Gasteiger partial charge in [0.15, 0.2) is 0 Å². The Balaban J connectivity index is 0.00000245. The Morgan fingerprint density at radius 3 is 1.56 bits per heavy atom. The molecule has 0 aromatic heterocycles. The molecule has 5 rings (SSSR count). The third-order valence-electron chi connectivity index (χ3n) is 6.26. The molecule has 0 radical (unpaired) electrons. The number of hydrogen-bond donors (Lipinski definition) is 0. The van der Waals surface area contributed by atoms with Gasteiger partial charge in [-0.1, -0.05) is 72.8 Å². The van der Waals surface area contributed by atoms with E-state index in [1.165, 1.54) is 27.1 Å². The van der Waals surface area contributed by atoms with Gasteiger partial charge >= 0.3 is 0 Å². The summed E-state index contributed by atoms with van der Waals surface area (Å²) < 4.78 is 6.21. The molecule has 0 fully saturated rings. The van der Waals surface area contributed by atoms with Crippen molar-refractivity contribution in [3.8, 4) is 5.75 Å². The zero-order valence-corrected chi connectivity index (χ0v) is 20.5. The van der Waals surface area contributed by atoms with E-state index in [9.17, 15) is 0 Å². The summed E-state index contributed by atoms with van der Waals surface area (Å²) in [5.41, 5.74) is 2.82. The van der Waals surface area contributed by atoms with E-state index in [4.69, 9.17) is 4.74 Å². The van der Waals surface area contributed by atoms with Crippen molar-refractivity contribution >= 4 is 29.3 Å². The van der Waals surface area contributed by atoms with Crippen LogP contribution in [0.15, 0.2) is 121 Å². The number of benzene rings is 4. The van der Waals surface area contributed by atoms with E-state index in [1.54, 1.807) is 0 Å². The van der Waals surface area contributed by atoms with Crippen LogP contribution < -0.4 is 37.6 Å². The van der Waals surface area contributed by atoms with Crippen LogP contribution in [-0.4, -0.2) is 12.3 Å². The highest BCUT2D eigenvalue weighted by Crippen LogP contribution is 2.62. The predicted molar refractivity (Wildman–Crippen MR) is 135 cm³/mol. The average molecular weight is 501 g/mol. The molecule has 0 spiro atoms. The van der Waals surface area contributed by atoms with Gasteiger partial charge in [-0.3, -0.25) is 0 Å². The lowest BCUT2D eigenvalue weighted by Crippen LogP contribution is -3.00. The van der Waals surface area contributed by atoms with Crippen LogP contribution in [0.3, 0.4) is 0 Å². The quantitative estimate of drug-likeness (QED) is 0.383. The van der Waals surface area contributed by atoms with E-state index in [-0.39, 0.29) is 17.0 Å². The van der Waals surface area contributed by atoms with Gasteiger partial charge in [0.25, 0.3) is 0 Å². The smallest absolute Gasteiger partial charge is 0.127 e. The fourth-order valence-electron chi connectivity index (χ4n) is 4.73. The van der Waals surface area contributed by atoms with E-state index in [0.29, 0.717) is 12.3 Å². The maximum absolute atomic E-state index is 6.21. The molecule has 4 aromatic carbocycles. The highest BCUT2D eigenvalue weighted by Gasteiger charge is 2.51. The van der Waals surface area contributed by atoms with Crippen molar-refractivity contribution in [2.75, 3.05) is 6.61 Å². The maximum Gasteiger partial charge on any atom is 0.127 e. The van der Waals surface area contributed by atoms with Gasteiger partial charge in [-0.05, 0) is 55.5 Å². The summed E-state index contributed by atoms with van der Waals surface area (Å²) in [6.45, 7) is 3.02. The molecule has 3 heteroatoms. The standard InChI is InChI=1S/C29H26OP.BrH/c1-23(25-21-24-13-11-12-20-29(24)30-22-25)31(26-14-5-2-6-15-26,27-16-7-3-8-17-27)28-18-9-4-10-19-28;/h2-21,23H,22H2,1H3;1H/q+1;/p-1. The van der Waals surface area contributed by atoms with Gasteiger partial charge in [0.05, 0.1) is 0 Å². The number of fused-ring (bicyclic) bond motifs is 1. The SMILES string of the molecule is CC(C1=Cc2ccccc2OC1)[P+](c1ccccc1)(c1ccccc1)c1ccccc1.[Br-]. The lowest BCUT2D eigenvalue weighted by Gasteiger charge is -2.35. The van der Waals surface area contributed by atoms with Crippen LogP contribution in [0, 0.1) is 0 Å². The number of para-hydroxylation sites is 1. The molecule has 1 aliphatic rings. The molecule has 0 N–H and O–H groups in total. The molecule has 1 unspecified atom stereocenters. The molecule has 160 valence electrons. The number of ether oxygens (including phenoxy) is 1. The molecule has 1 atom stereocenters. The Hall–Kier alpha value is -2.67. The molecule has 1 nitrogen and oxygen atoms in total. The second kappa shape index (κ2) is 9.86. The summed E-state index contributed by atoms with van der Waals surface area (Å²) in [5.74, 6) is 0.974. The van der Waals surface area contributed by atoms with E-state index < -0.39 is 7.26 Å². The van der Waals surface area contributed by atoms with Gasteiger partial charge in [0.2, 0.25) is 0 Å². The van der Waals surface area contributed by atoms with Crippen molar-refractivity contribution < 1.29 is 21.7 Å². The van der Waals surface area contributed by atoms with Gasteiger partial charge in [-0.25, -0.2) is 0 Å². The normalized spacial score (nSPS) is 13.7. The second-order valence-corrected chi connectivity index (χ2v) is 11.7. The lowest BCUT2D eigenvalue weighted by molar-refractivity contribution is -0.00000631. The summed E-state index contributed by atoms with van der Waals surface area (Å²) in [7, 11) is -1.97. The minimum Gasteiger partial charge on any atom is -1.00 e. The monoisotopic (exact) mass is 500 g/mol. The molecule has 4 aromatic rings. The lowest BCUT2D eigenvalue weighted by atomic mass is 10.1. The molecular formula is C29H26BrOP. The van der Waals surface area contributed by atoms with Crippen molar-refractivity contribution in [3.05, 3.63) is 126 Å². The van der Waals surface area contributed by atoms with Gasteiger partial charge < -0.3 is 21.7 Å². The summed E-state index contributed by atoms with van der Waals surface area (Å²) in [6.07, 6.45) is 2.35. The number of hydrogen-bond acceptors (Lipinski definition) is 1. The predicted octanol–water partition coefficient (Wildman–Crippen LogP) is 2.85. The van der Waals surface area contributed by atoms with E-state index in [2.05, 4.69) is 122 Å². The summed E-state index contributed by atoms with van der Waals surface area (Å²) in [4.78, 5) is 0. The van der Waals surface area contributed by atoms with Crippen molar-refractivity contribution in [1.29, 1.82) is 0 Å². The maximum atomic E-state index is 6.21. The molecule has 0 saturated heterocycles. The van der Waals surface area contributed by atoms with Crippen molar-refractivity contribution in [1.82, 2.24) is 0 Å². The minimum absolute atomic E-state index is 0. The highest BCUT2D eigenvalue weighted by molar-refractivity contribution is 7.96. The molecule has 0 bridgehead atoms. The molecule has 0 amide bonds. The average Bonchev–Trinajstić information content (AvgIpc) is 2.86. The van der Waals surface area contributed by atoms with Gasteiger partial charge in [0.1, 0.15) is 41.2 Å². The van der Waals surface area contributed by atoms with E-state index in [0.717, 1.165) is 5.75 Å². The Bertz CT molecular complexity index is 1090. The minimum atomic E-state index is -1.97. The summed E-state index contributed by atoms with van der Waals surface area (Å²) >= 11 is 0. The first-order valence-electron chi connectivity index (χ1n) is 10.8. The first-order valence-corrected chi connectivity index (χ1v) is 12.6. The van der Waals surface area contributed by atoms with Crippen LogP contribution in [0.4, 0.5) is 0 Å². The molecule has 1 aliphatic heterocycles. The Morgan fingerprint density at radius 2 is 1.06 bits per heavy atom. The fraction of sp³-hybridized carbons (Fsp3) is 0.103. The molecular weight excluding hydrogens is 475 g/mol. The van der Waals surface area contributed by atoms with E-state index in [1.807, 2.05) is 6.07 Å². The third kappa shape index (κ3) is 3.94. The fourth-order valence-corrected chi connectivity index (χ4v) is 9.54. The Labute approximate surface area is 201 Å². The van der Waals surface area contributed by atoms with Gasteiger partial charge in [0, 0.05) is 11.1 Å². The van der Waals surface area contributed by atoms with Crippen LogP contribution in [0.1, 0.15) is 12.5 Å². The van der Waals surface area contributed by atoms with Crippen molar-refractivity contribution in [2.45, 2.75) is 12.6 Å². The Morgan fingerprint density at radius 1 is 0.625 bits per heavy atom. The van der Waals surface area contributed by atoms with E-state index >= 15 is 0 Å². The van der Waals surface area contributed by atoms with Gasteiger partial charge in [-0.15, -0.1) is 0 Å². The van der Waals surface area contributed by atoms with Crippen molar-refractivity contribution in [3.63, 3.8) is 0 Å². The largest absolute Gasteiger partial charge is 1.00 e.